The number of nitriles is 1. The summed E-state index contributed by atoms with van der Waals surface area (Å²) in [5, 5.41) is 8.42. The predicted molar refractivity (Wildman–Crippen MR) is 50.8 cm³/mol. The second kappa shape index (κ2) is 3.38. The Morgan fingerprint density at radius 2 is 2.36 bits per heavy atom. The Kier molecular flexibility index (Phi) is 2.07. The lowest BCUT2D eigenvalue weighted by atomic mass is 10.1. The number of oxazole rings is 1. The number of nitrogens with one attached hydrogen (secondary N) is 1. The molecule has 0 spiro atoms. The molecule has 0 fully saturated rings. The van der Waals surface area contributed by atoms with Gasteiger partial charge in [-0.05, 0) is 24.1 Å². The van der Waals surface area contributed by atoms with Crippen LogP contribution in [0.25, 0.3) is 11.1 Å². The first kappa shape index (κ1) is 8.57. The fraction of sp³-hybridized carbons (Fsp3) is 0.200. The zero-order valence-electron chi connectivity index (χ0n) is 7.41. The van der Waals surface area contributed by atoms with Gasteiger partial charge in [-0.2, -0.15) is 5.26 Å². The van der Waals surface area contributed by atoms with Crippen LogP contribution in [0.5, 0.6) is 0 Å². The molecule has 0 radical (unpaired) electrons. The third kappa shape index (κ3) is 1.52. The van der Waals surface area contributed by atoms with Crippen LogP contribution in [-0.2, 0) is 6.42 Å². The van der Waals surface area contributed by atoms with Crippen LogP contribution in [0.3, 0.4) is 0 Å². The average Bonchev–Trinajstić information content (AvgIpc) is 2.54. The number of aromatic nitrogens is 1. The van der Waals surface area contributed by atoms with Gasteiger partial charge in [-0.25, -0.2) is 4.79 Å². The van der Waals surface area contributed by atoms with Crippen LogP contribution in [0.15, 0.2) is 27.4 Å². The van der Waals surface area contributed by atoms with Crippen molar-refractivity contribution in [1.29, 1.82) is 5.26 Å². The largest absolute Gasteiger partial charge is 0.417 e. The number of hydrogen-bond acceptors (Lipinski definition) is 3. The van der Waals surface area contributed by atoms with Gasteiger partial charge >= 0.3 is 5.76 Å². The molecule has 1 heterocycles. The summed E-state index contributed by atoms with van der Waals surface area (Å²) in [4.78, 5) is 13.4. The number of rotatable bonds is 2. The quantitative estimate of drug-likeness (QED) is 0.777. The van der Waals surface area contributed by atoms with Crippen molar-refractivity contribution in [3.63, 3.8) is 0 Å². The van der Waals surface area contributed by atoms with Crippen molar-refractivity contribution < 1.29 is 4.42 Å². The van der Waals surface area contributed by atoms with E-state index >= 15 is 0 Å². The first-order chi connectivity index (χ1) is 6.79. The number of benzene rings is 1. The lowest BCUT2D eigenvalue weighted by Gasteiger charge is -1.95. The summed E-state index contributed by atoms with van der Waals surface area (Å²) in [6, 6.07) is 7.50. The number of hydrogen-bond donors (Lipinski definition) is 1. The van der Waals surface area contributed by atoms with Gasteiger partial charge in [-0.3, -0.25) is 4.98 Å². The van der Waals surface area contributed by atoms with Crippen LogP contribution in [0.1, 0.15) is 12.0 Å². The minimum Gasteiger partial charge on any atom is -0.408 e. The van der Waals surface area contributed by atoms with Gasteiger partial charge in [-0.1, -0.05) is 6.07 Å². The van der Waals surface area contributed by atoms with Crippen LogP contribution in [-0.4, -0.2) is 4.98 Å². The number of nitrogens with zero attached hydrogens (tertiary/aromatic N) is 1. The summed E-state index contributed by atoms with van der Waals surface area (Å²) < 4.78 is 4.85. The fourth-order valence-electron chi connectivity index (χ4n) is 1.35. The molecule has 0 aliphatic heterocycles. The Labute approximate surface area is 79.8 Å². The van der Waals surface area contributed by atoms with E-state index in [2.05, 4.69) is 11.1 Å². The SMILES string of the molecule is N#CCCc1ccc2oc(=O)[nH]c2c1. The van der Waals surface area contributed by atoms with Crippen LogP contribution in [0.2, 0.25) is 0 Å². The molecule has 0 unspecified atom stereocenters. The van der Waals surface area contributed by atoms with E-state index in [4.69, 9.17) is 9.68 Å². The summed E-state index contributed by atoms with van der Waals surface area (Å²) in [6.45, 7) is 0. The van der Waals surface area contributed by atoms with E-state index < -0.39 is 5.76 Å². The predicted octanol–water partition coefficient (Wildman–Crippen LogP) is 1.58. The molecular weight excluding hydrogens is 180 g/mol. The Hall–Kier alpha value is -2.02. The normalized spacial score (nSPS) is 10.2. The minimum absolute atomic E-state index is 0.447. The second-order valence-corrected chi connectivity index (χ2v) is 3.00. The molecule has 2 rings (SSSR count). The molecule has 0 saturated heterocycles. The van der Waals surface area contributed by atoms with Crippen molar-refractivity contribution in [3.05, 3.63) is 34.3 Å². The zero-order valence-corrected chi connectivity index (χ0v) is 7.41. The Morgan fingerprint density at radius 3 is 3.14 bits per heavy atom. The first-order valence-corrected chi connectivity index (χ1v) is 4.28. The van der Waals surface area contributed by atoms with Crippen molar-refractivity contribution in [3.8, 4) is 6.07 Å². The molecule has 0 atom stereocenters. The molecule has 4 nitrogen and oxygen atoms in total. The Balaban J connectivity index is 2.41. The zero-order chi connectivity index (χ0) is 9.97. The molecule has 1 aromatic carbocycles. The van der Waals surface area contributed by atoms with Gasteiger partial charge in [0.05, 0.1) is 11.6 Å². The van der Waals surface area contributed by atoms with Gasteiger partial charge < -0.3 is 4.42 Å². The van der Waals surface area contributed by atoms with E-state index in [0.29, 0.717) is 23.9 Å². The number of aryl methyl sites for hydroxylation is 1. The van der Waals surface area contributed by atoms with Crippen LogP contribution < -0.4 is 5.76 Å². The first-order valence-electron chi connectivity index (χ1n) is 4.28. The summed E-state index contributed by atoms with van der Waals surface area (Å²) >= 11 is 0. The average molecular weight is 188 g/mol. The lowest BCUT2D eigenvalue weighted by Crippen LogP contribution is -1.93. The molecule has 0 amide bonds. The van der Waals surface area contributed by atoms with Crippen LogP contribution >= 0.6 is 0 Å². The summed E-state index contributed by atoms with van der Waals surface area (Å²) in [5.41, 5.74) is 2.26. The molecule has 14 heavy (non-hydrogen) atoms. The van der Waals surface area contributed by atoms with Crippen LogP contribution in [0, 0.1) is 11.3 Å². The van der Waals surface area contributed by atoms with Crippen molar-refractivity contribution in [2.24, 2.45) is 0 Å². The van der Waals surface area contributed by atoms with Crippen molar-refractivity contribution >= 4 is 11.1 Å². The lowest BCUT2D eigenvalue weighted by molar-refractivity contribution is 0.555. The highest BCUT2D eigenvalue weighted by Crippen LogP contribution is 2.13. The standard InChI is InChI=1S/C10H8N2O2/c11-5-1-2-7-3-4-9-8(6-7)12-10(13)14-9/h3-4,6H,1-2H2,(H,12,13). The maximum Gasteiger partial charge on any atom is 0.417 e. The van der Waals surface area contributed by atoms with E-state index in [1.807, 2.05) is 12.1 Å². The molecule has 70 valence electrons. The minimum atomic E-state index is -0.447. The van der Waals surface area contributed by atoms with E-state index in [0.717, 1.165) is 5.56 Å². The topological polar surface area (TPSA) is 69.8 Å². The van der Waals surface area contributed by atoms with Gasteiger partial charge in [0.1, 0.15) is 0 Å². The van der Waals surface area contributed by atoms with Gasteiger partial charge in [0, 0.05) is 6.42 Å². The Morgan fingerprint density at radius 1 is 1.50 bits per heavy atom. The molecule has 2 aromatic rings. The van der Waals surface area contributed by atoms with Crippen molar-refractivity contribution in [2.45, 2.75) is 12.8 Å². The van der Waals surface area contributed by atoms with Gasteiger partial charge in [-0.15, -0.1) is 0 Å². The molecule has 0 aliphatic rings. The summed E-state index contributed by atoms with van der Waals surface area (Å²) in [6.07, 6.45) is 1.17. The second-order valence-electron chi connectivity index (χ2n) is 3.00. The number of fused-ring (bicyclic) bond motifs is 1. The van der Waals surface area contributed by atoms with Gasteiger partial charge in [0.2, 0.25) is 0 Å². The maximum atomic E-state index is 10.8. The smallest absolute Gasteiger partial charge is 0.408 e. The van der Waals surface area contributed by atoms with E-state index in [-0.39, 0.29) is 0 Å². The summed E-state index contributed by atoms with van der Waals surface area (Å²) in [7, 11) is 0. The van der Waals surface area contributed by atoms with E-state index in [1.54, 1.807) is 6.07 Å². The highest BCUT2D eigenvalue weighted by Gasteiger charge is 2.01. The molecule has 4 heteroatoms. The molecule has 1 aromatic heterocycles. The number of aromatic amines is 1. The third-order valence-corrected chi connectivity index (χ3v) is 2.01. The maximum absolute atomic E-state index is 10.8. The highest BCUT2D eigenvalue weighted by atomic mass is 16.4. The van der Waals surface area contributed by atoms with Gasteiger partial charge in [0.25, 0.3) is 0 Å². The molecule has 0 bridgehead atoms. The van der Waals surface area contributed by atoms with Crippen molar-refractivity contribution in [1.82, 2.24) is 4.98 Å². The third-order valence-electron chi connectivity index (χ3n) is 2.01. The number of H-pyrrole nitrogens is 1. The Bertz CT molecular complexity index is 545. The monoisotopic (exact) mass is 188 g/mol. The fourth-order valence-corrected chi connectivity index (χ4v) is 1.35. The van der Waals surface area contributed by atoms with E-state index in [9.17, 15) is 4.79 Å². The molecule has 0 saturated carbocycles. The summed E-state index contributed by atoms with van der Waals surface area (Å²) in [5.74, 6) is -0.447. The molecule has 0 aliphatic carbocycles. The highest BCUT2D eigenvalue weighted by molar-refractivity contribution is 5.72. The molecule has 1 N–H and O–H groups in total. The van der Waals surface area contributed by atoms with Gasteiger partial charge in [0.15, 0.2) is 5.58 Å². The van der Waals surface area contributed by atoms with E-state index in [1.165, 1.54) is 0 Å². The molecular formula is C10H8N2O2. The van der Waals surface area contributed by atoms with Crippen LogP contribution in [0.4, 0.5) is 0 Å². The van der Waals surface area contributed by atoms with Crippen molar-refractivity contribution in [2.75, 3.05) is 0 Å².